The fourth-order valence-corrected chi connectivity index (χ4v) is 5.90. The van der Waals surface area contributed by atoms with E-state index in [2.05, 4.69) is 10.2 Å². The zero-order valence-electron chi connectivity index (χ0n) is 21.8. The first-order chi connectivity index (χ1) is 19.0. The molecule has 5 rings (SSSR count). The van der Waals surface area contributed by atoms with E-state index in [1.165, 1.54) is 11.8 Å². The van der Waals surface area contributed by atoms with E-state index in [1.54, 1.807) is 19.1 Å². The highest BCUT2D eigenvalue weighted by Gasteiger charge is 2.42. The van der Waals surface area contributed by atoms with Gasteiger partial charge in [0, 0.05) is 42.5 Å². The van der Waals surface area contributed by atoms with Crippen molar-refractivity contribution in [2.24, 2.45) is 4.99 Å². The average Bonchev–Trinajstić information content (AvgIpc) is 3.36. The molecule has 2 aromatic rings. The molecule has 0 bridgehead atoms. The van der Waals surface area contributed by atoms with Crippen molar-refractivity contribution >= 4 is 46.1 Å². The lowest BCUT2D eigenvalue weighted by atomic mass is 9.91. The molecule has 10 heteroatoms. The normalized spacial score (nSPS) is 19.3. The number of carbonyl (C=O) groups excluding carboxylic acids is 2. The Hall–Kier alpha value is -3.11. The summed E-state index contributed by atoms with van der Waals surface area (Å²) in [5, 5.41) is 6.29. The number of hydrogen-bond acceptors (Lipinski definition) is 8. The standard InChI is InChI=1S/C29H31ClN4O4S/c1-2-38-28(36)25-26(20-6-4-3-5-7-20)32-29-34(27(25)21-8-10-22(30)11-9-21)23(19-39-29)18-24(35)31-12-13-33-14-16-37-17-15-33/h3-11,19,27H,2,12-18H2,1H3,(H,31,35). The first-order valence-electron chi connectivity index (χ1n) is 13.1. The maximum Gasteiger partial charge on any atom is 0.338 e. The molecule has 2 aromatic carbocycles. The molecule has 1 saturated heterocycles. The number of hydrogen-bond donors (Lipinski definition) is 1. The topological polar surface area (TPSA) is 83.5 Å². The van der Waals surface area contributed by atoms with Crippen molar-refractivity contribution in [2.45, 2.75) is 19.4 Å². The van der Waals surface area contributed by atoms with Crippen LogP contribution in [0.2, 0.25) is 5.02 Å². The second kappa shape index (κ2) is 12.8. The summed E-state index contributed by atoms with van der Waals surface area (Å²) in [5.74, 6) is -0.521. The SMILES string of the molecule is CCOC(=O)C1=C(c2ccccc2)N=C2SC=C(CC(=O)NCCN3CCOCC3)N2C1c1ccc(Cl)cc1. The van der Waals surface area contributed by atoms with E-state index < -0.39 is 12.0 Å². The van der Waals surface area contributed by atoms with E-state index in [-0.39, 0.29) is 18.9 Å². The predicted octanol–water partition coefficient (Wildman–Crippen LogP) is 4.45. The molecule has 8 nitrogen and oxygen atoms in total. The number of amidine groups is 1. The molecule has 0 radical (unpaired) electrons. The van der Waals surface area contributed by atoms with Crippen LogP contribution in [0, 0.1) is 0 Å². The maximum atomic E-state index is 13.5. The van der Waals surface area contributed by atoms with Crippen molar-refractivity contribution in [2.75, 3.05) is 46.0 Å². The zero-order valence-corrected chi connectivity index (χ0v) is 23.3. The van der Waals surface area contributed by atoms with E-state index in [0.717, 1.165) is 49.7 Å². The number of halogens is 1. The quantitative estimate of drug-likeness (QED) is 0.449. The third-order valence-electron chi connectivity index (χ3n) is 6.73. The lowest BCUT2D eigenvalue weighted by Crippen LogP contribution is -2.42. The van der Waals surface area contributed by atoms with Gasteiger partial charge in [0.15, 0.2) is 5.17 Å². The number of rotatable bonds is 9. The fourth-order valence-electron chi connectivity index (χ4n) is 4.85. The van der Waals surface area contributed by atoms with Gasteiger partial charge in [-0.25, -0.2) is 9.79 Å². The predicted molar refractivity (Wildman–Crippen MR) is 154 cm³/mol. The molecule has 3 aliphatic heterocycles. The average molecular weight is 567 g/mol. The summed E-state index contributed by atoms with van der Waals surface area (Å²) in [5.41, 5.74) is 3.44. The van der Waals surface area contributed by atoms with Crippen molar-refractivity contribution in [1.29, 1.82) is 0 Å². The molecule has 1 N–H and O–H groups in total. The molecule has 39 heavy (non-hydrogen) atoms. The maximum absolute atomic E-state index is 13.5. The molecule has 3 heterocycles. The first kappa shape index (κ1) is 27.5. The number of fused-ring (bicyclic) bond motifs is 1. The Labute approximate surface area is 237 Å². The molecular formula is C29H31ClN4O4S. The highest BCUT2D eigenvalue weighted by Crippen LogP contribution is 2.47. The number of amides is 1. The number of nitrogens with one attached hydrogen (secondary N) is 1. The van der Waals surface area contributed by atoms with Gasteiger partial charge >= 0.3 is 5.97 Å². The second-order valence-corrected chi connectivity index (χ2v) is 10.5. The number of benzene rings is 2. The first-order valence-corrected chi connectivity index (χ1v) is 14.3. The van der Waals surface area contributed by atoms with Crippen LogP contribution in [0.5, 0.6) is 0 Å². The molecule has 1 unspecified atom stereocenters. The molecule has 3 aliphatic rings. The van der Waals surface area contributed by atoms with Crippen LogP contribution in [0.1, 0.15) is 30.5 Å². The van der Waals surface area contributed by atoms with Crippen molar-refractivity contribution in [1.82, 2.24) is 15.1 Å². The van der Waals surface area contributed by atoms with Gasteiger partial charge in [0.2, 0.25) is 5.91 Å². The van der Waals surface area contributed by atoms with Crippen LogP contribution in [0.25, 0.3) is 5.70 Å². The van der Waals surface area contributed by atoms with Gasteiger partial charge in [-0.3, -0.25) is 9.69 Å². The molecule has 0 spiro atoms. The number of nitrogens with zero attached hydrogens (tertiary/aromatic N) is 3. The molecule has 1 fully saturated rings. The van der Waals surface area contributed by atoms with Gasteiger partial charge in [-0.15, -0.1) is 0 Å². The summed E-state index contributed by atoms with van der Waals surface area (Å²) in [6.45, 7) is 6.56. The summed E-state index contributed by atoms with van der Waals surface area (Å²) in [6, 6.07) is 16.5. The van der Waals surface area contributed by atoms with Crippen molar-refractivity contribution in [3.63, 3.8) is 0 Å². The Morgan fingerprint density at radius 2 is 1.87 bits per heavy atom. The minimum Gasteiger partial charge on any atom is -0.463 e. The van der Waals surface area contributed by atoms with E-state index in [0.29, 0.717) is 28.0 Å². The molecule has 0 aromatic heterocycles. The monoisotopic (exact) mass is 566 g/mol. The largest absolute Gasteiger partial charge is 0.463 e. The minimum absolute atomic E-state index is 0.0817. The van der Waals surface area contributed by atoms with E-state index in [9.17, 15) is 9.59 Å². The third-order valence-corrected chi connectivity index (χ3v) is 7.87. The number of ether oxygens (including phenoxy) is 2. The van der Waals surface area contributed by atoms with E-state index in [4.69, 9.17) is 26.1 Å². The van der Waals surface area contributed by atoms with Gasteiger partial charge in [0.25, 0.3) is 0 Å². The highest BCUT2D eigenvalue weighted by atomic mass is 35.5. The number of carbonyl (C=O) groups is 2. The smallest absolute Gasteiger partial charge is 0.338 e. The second-order valence-electron chi connectivity index (χ2n) is 9.28. The molecule has 204 valence electrons. The van der Waals surface area contributed by atoms with Gasteiger partial charge in [-0.05, 0) is 30.0 Å². The number of thioether (sulfide) groups is 1. The number of morpholine rings is 1. The molecule has 1 amide bonds. The van der Waals surface area contributed by atoms with E-state index >= 15 is 0 Å². The van der Waals surface area contributed by atoms with Crippen LogP contribution < -0.4 is 5.32 Å². The lowest BCUT2D eigenvalue weighted by molar-refractivity contribution is -0.139. The summed E-state index contributed by atoms with van der Waals surface area (Å²) in [4.78, 5) is 35.7. The summed E-state index contributed by atoms with van der Waals surface area (Å²) < 4.78 is 10.9. The Morgan fingerprint density at radius 3 is 2.59 bits per heavy atom. The summed E-state index contributed by atoms with van der Waals surface area (Å²) in [6.07, 6.45) is 0.163. The lowest BCUT2D eigenvalue weighted by Gasteiger charge is -2.36. The van der Waals surface area contributed by atoms with Crippen LogP contribution in [-0.4, -0.2) is 72.8 Å². The highest BCUT2D eigenvalue weighted by molar-refractivity contribution is 8.16. The van der Waals surface area contributed by atoms with E-state index in [1.807, 2.05) is 52.8 Å². The molecule has 1 atom stereocenters. The van der Waals surface area contributed by atoms with Gasteiger partial charge in [0.1, 0.15) is 0 Å². The minimum atomic E-state index is -0.536. The zero-order chi connectivity index (χ0) is 27.2. The number of esters is 1. The van der Waals surface area contributed by atoms with Gasteiger partial charge < -0.3 is 19.7 Å². The van der Waals surface area contributed by atoms with Crippen LogP contribution in [0.15, 0.2) is 76.3 Å². The van der Waals surface area contributed by atoms with Crippen LogP contribution in [0.3, 0.4) is 0 Å². The van der Waals surface area contributed by atoms with Gasteiger partial charge in [0.05, 0.1) is 43.6 Å². The fraction of sp³-hybridized carbons (Fsp3) is 0.345. The molecule has 0 saturated carbocycles. The van der Waals surface area contributed by atoms with Gasteiger partial charge in [-0.2, -0.15) is 0 Å². The van der Waals surface area contributed by atoms with Crippen molar-refractivity contribution in [3.05, 3.63) is 87.4 Å². The Bertz CT molecular complexity index is 1290. The van der Waals surface area contributed by atoms with Crippen molar-refractivity contribution < 1.29 is 19.1 Å². The van der Waals surface area contributed by atoms with Crippen LogP contribution in [-0.2, 0) is 19.1 Å². The summed E-state index contributed by atoms with van der Waals surface area (Å²) >= 11 is 7.67. The van der Waals surface area contributed by atoms with Crippen LogP contribution >= 0.6 is 23.4 Å². The Kier molecular flexibility index (Phi) is 9.03. The Balaban J connectivity index is 1.44. The third kappa shape index (κ3) is 6.38. The van der Waals surface area contributed by atoms with Crippen molar-refractivity contribution in [3.8, 4) is 0 Å². The molecular weight excluding hydrogens is 536 g/mol. The molecule has 0 aliphatic carbocycles. The number of aliphatic imine (C=N–C) groups is 1. The Morgan fingerprint density at radius 1 is 1.13 bits per heavy atom. The van der Waals surface area contributed by atoms with Gasteiger partial charge in [-0.1, -0.05) is 65.8 Å². The van der Waals surface area contributed by atoms with Crippen LogP contribution in [0.4, 0.5) is 0 Å². The summed E-state index contributed by atoms with van der Waals surface area (Å²) in [7, 11) is 0.